The van der Waals surface area contributed by atoms with Crippen molar-refractivity contribution in [1.82, 2.24) is 10.2 Å². The molecule has 1 aliphatic heterocycles. The topological polar surface area (TPSA) is 48.3 Å². The summed E-state index contributed by atoms with van der Waals surface area (Å²) < 4.78 is 5.31. The molecule has 0 aliphatic carbocycles. The van der Waals surface area contributed by atoms with Crippen LogP contribution in [0, 0.1) is 11.3 Å². The molecule has 0 spiro atoms. The molecule has 1 saturated heterocycles. The number of hydrogen-bond acceptors (Lipinski definition) is 4. The van der Waals surface area contributed by atoms with Gasteiger partial charge in [0.1, 0.15) is 6.04 Å². The molecule has 0 bridgehead atoms. The van der Waals surface area contributed by atoms with Crippen LogP contribution in [-0.4, -0.2) is 50.3 Å². The summed E-state index contributed by atoms with van der Waals surface area (Å²) in [5.41, 5.74) is 0. The lowest BCUT2D eigenvalue weighted by Gasteiger charge is -2.25. The Bertz CT molecular complexity index is 196. The molecule has 2 unspecified atom stereocenters. The van der Waals surface area contributed by atoms with Crippen molar-refractivity contribution in [2.75, 3.05) is 33.4 Å². The van der Waals surface area contributed by atoms with Crippen LogP contribution in [0.2, 0.25) is 0 Å². The van der Waals surface area contributed by atoms with Gasteiger partial charge in [-0.1, -0.05) is 6.92 Å². The van der Waals surface area contributed by atoms with E-state index < -0.39 is 0 Å². The van der Waals surface area contributed by atoms with Gasteiger partial charge < -0.3 is 10.1 Å². The summed E-state index contributed by atoms with van der Waals surface area (Å²) >= 11 is 0. The molecule has 1 fully saturated rings. The summed E-state index contributed by atoms with van der Waals surface area (Å²) in [7, 11) is 2.06. The molecule has 1 aliphatic rings. The second kappa shape index (κ2) is 5.97. The highest BCUT2D eigenvalue weighted by molar-refractivity contribution is 4.92. The number of rotatable bonds is 5. The summed E-state index contributed by atoms with van der Waals surface area (Å²) in [5, 5.41) is 12.0. The van der Waals surface area contributed by atoms with Crippen molar-refractivity contribution < 1.29 is 4.74 Å². The number of nitrogens with zero attached hydrogens (tertiary/aromatic N) is 2. The van der Waals surface area contributed by atoms with E-state index in [2.05, 4.69) is 23.3 Å². The first kappa shape index (κ1) is 11.4. The third-order valence-electron chi connectivity index (χ3n) is 2.61. The van der Waals surface area contributed by atoms with Gasteiger partial charge in [0.2, 0.25) is 0 Å². The van der Waals surface area contributed by atoms with Gasteiger partial charge in [-0.05, 0) is 20.0 Å². The molecule has 80 valence electrons. The van der Waals surface area contributed by atoms with Gasteiger partial charge in [-0.2, -0.15) is 5.26 Å². The van der Waals surface area contributed by atoms with Crippen molar-refractivity contribution in [3.05, 3.63) is 0 Å². The van der Waals surface area contributed by atoms with Crippen LogP contribution >= 0.6 is 0 Å². The first-order valence-electron chi connectivity index (χ1n) is 5.19. The normalized spacial score (nSPS) is 23.7. The second-order valence-corrected chi connectivity index (χ2v) is 3.70. The van der Waals surface area contributed by atoms with E-state index in [4.69, 9.17) is 10.00 Å². The van der Waals surface area contributed by atoms with Crippen LogP contribution in [0.15, 0.2) is 0 Å². The molecule has 4 heteroatoms. The monoisotopic (exact) mass is 197 g/mol. The first-order valence-corrected chi connectivity index (χ1v) is 5.19. The Labute approximate surface area is 85.8 Å². The summed E-state index contributed by atoms with van der Waals surface area (Å²) in [6.07, 6.45) is 1.08. The summed E-state index contributed by atoms with van der Waals surface area (Å²) in [6.45, 7) is 5.29. The Hall–Kier alpha value is -0.630. The van der Waals surface area contributed by atoms with Crippen LogP contribution in [-0.2, 0) is 4.74 Å². The zero-order chi connectivity index (χ0) is 10.4. The molecular weight excluding hydrogens is 178 g/mol. The van der Waals surface area contributed by atoms with Crippen molar-refractivity contribution in [3.63, 3.8) is 0 Å². The van der Waals surface area contributed by atoms with Gasteiger partial charge in [0.25, 0.3) is 0 Å². The molecule has 1 rings (SSSR count). The summed E-state index contributed by atoms with van der Waals surface area (Å²) in [5.74, 6) is 0. The van der Waals surface area contributed by atoms with Crippen molar-refractivity contribution >= 4 is 0 Å². The smallest absolute Gasteiger partial charge is 0.108 e. The molecule has 1 heterocycles. The molecule has 0 saturated carbocycles. The van der Waals surface area contributed by atoms with Crippen LogP contribution in [0.1, 0.15) is 13.3 Å². The number of nitriles is 1. The van der Waals surface area contributed by atoms with Gasteiger partial charge in [0, 0.05) is 19.2 Å². The maximum atomic E-state index is 8.88. The average Bonchev–Trinajstić information content (AvgIpc) is 2.69. The van der Waals surface area contributed by atoms with Crippen molar-refractivity contribution in [2.24, 2.45) is 0 Å². The molecule has 0 radical (unpaired) electrons. The van der Waals surface area contributed by atoms with Crippen LogP contribution in [0.3, 0.4) is 0 Å². The fraction of sp³-hybridized carbons (Fsp3) is 0.900. The molecule has 0 aromatic heterocycles. The third kappa shape index (κ3) is 3.26. The Morgan fingerprint density at radius 3 is 3.00 bits per heavy atom. The van der Waals surface area contributed by atoms with E-state index in [0.29, 0.717) is 6.04 Å². The first-order chi connectivity index (χ1) is 6.77. The van der Waals surface area contributed by atoms with Crippen LogP contribution in [0.5, 0.6) is 0 Å². The average molecular weight is 197 g/mol. The highest BCUT2D eigenvalue weighted by atomic mass is 16.5. The van der Waals surface area contributed by atoms with Gasteiger partial charge >= 0.3 is 0 Å². The SMILES string of the molecule is CCNC(C#N)CN(C)C1CCOC1. The van der Waals surface area contributed by atoms with Gasteiger partial charge in [-0.15, -0.1) is 0 Å². The number of likely N-dealkylation sites (N-methyl/N-ethyl adjacent to an activating group) is 2. The number of hydrogen-bond donors (Lipinski definition) is 1. The minimum absolute atomic E-state index is 0.0643. The molecule has 0 amide bonds. The predicted molar refractivity (Wildman–Crippen MR) is 54.9 cm³/mol. The van der Waals surface area contributed by atoms with E-state index >= 15 is 0 Å². The molecular formula is C10H19N3O. The predicted octanol–water partition coefficient (Wildman–Crippen LogP) is 0.209. The van der Waals surface area contributed by atoms with Crippen LogP contribution < -0.4 is 5.32 Å². The second-order valence-electron chi connectivity index (χ2n) is 3.70. The van der Waals surface area contributed by atoms with E-state index in [1.54, 1.807) is 0 Å². The van der Waals surface area contributed by atoms with E-state index in [-0.39, 0.29) is 6.04 Å². The standard InChI is InChI=1S/C10H19N3O/c1-3-12-9(6-11)7-13(2)10-4-5-14-8-10/h9-10,12H,3-5,7-8H2,1-2H3. The zero-order valence-corrected chi connectivity index (χ0v) is 8.99. The minimum atomic E-state index is -0.0643. The van der Waals surface area contributed by atoms with Gasteiger partial charge in [0.15, 0.2) is 0 Å². The van der Waals surface area contributed by atoms with E-state index in [1.165, 1.54) is 0 Å². The molecule has 0 aromatic carbocycles. The van der Waals surface area contributed by atoms with Gasteiger partial charge in [-0.25, -0.2) is 0 Å². The lowest BCUT2D eigenvalue weighted by molar-refractivity contribution is 0.156. The fourth-order valence-corrected chi connectivity index (χ4v) is 1.70. The highest BCUT2D eigenvalue weighted by Crippen LogP contribution is 2.10. The summed E-state index contributed by atoms with van der Waals surface area (Å²) in [4.78, 5) is 2.21. The summed E-state index contributed by atoms with van der Waals surface area (Å²) in [6, 6.07) is 2.69. The molecule has 0 aromatic rings. The molecule has 14 heavy (non-hydrogen) atoms. The van der Waals surface area contributed by atoms with E-state index in [0.717, 1.165) is 32.7 Å². The molecule has 4 nitrogen and oxygen atoms in total. The Kier molecular flexibility index (Phi) is 4.88. The van der Waals surface area contributed by atoms with Crippen molar-refractivity contribution in [3.8, 4) is 6.07 Å². The molecule has 1 N–H and O–H groups in total. The maximum Gasteiger partial charge on any atom is 0.108 e. The zero-order valence-electron chi connectivity index (χ0n) is 8.99. The minimum Gasteiger partial charge on any atom is -0.380 e. The Balaban J connectivity index is 2.30. The fourth-order valence-electron chi connectivity index (χ4n) is 1.70. The van der Waals surface area contributed by atoms with E-state index in [1.807, 2.05) is 6.92 Å². The highest BCUT2D eigenvalue weighted by Gasteiger charge is 2.22. The number of nitrogens with one attached hydrogen (secondary N) is 1. The lowest BCUT2D eigenvalue weighted by Crippen LogP contribution is -2.43. The Morgan fingerprint density at radius 1 is 1.71 bits per heavy atom. The van der Waals surface area contributed by atoms with E-state index in [9.17, 15) is 0 Å². The van der Waals surface area contributed by atoms with Crippen LogP contribution in [0.4, 0.5) is 0 Å². The Morgan fingerprint density at radius 2 is 2.50 bits per heavy atom. The largest absolute Gasteiger partial charge is 0.380 e. The quantitative estimate of drug-likeness (QED) is 0.684. The number of ether oxygens (including phenoxy) is 1. The lowest BCUT2D eigenvalue weighted by atomic mass is 10.2. The van der Waals surface area contributed by atoms with Crippen molar-refractivity contribution in [1.29, 1.82) is 5.26 Å². The maximum absolute atomic E-state index is 8.88. The third-order valence-corrected chi connectivity index (χ3v) is 2.61. The molecule has 2 atom stereocenters. The van der Waals surface area contributed by atoms with Crippen molar-refractivity contribution in [2.45, 2.75) is 25.4 Å². The van der Waals surface area contributed by atoms with Gasteiger partial charge in [0.05, 0.1) is 12.7 Å². The van der Waals surface area contributed by atoms with Crippen LogP contribution in [0.25, 0.3) is 0 Å². The van der Waals surface area contributed by atoms with Gasteiger partial charge in [-0.3, -0.25) is 4.90 Å².